The quantitative estimate of drug-likeness (QED) is 0.720. The first kappa shape index (κ1) is 23.6. The predicted molar refractivity (Wildman–Crippen MR) is 90.7 cm³/mol. The zero-order chi connectivity index (χ0) is 11.6. The lowest BCUT2D eigenvalue weighted by Crippen LogP contribution is -2.31. The van der Waals surface area contributed by atoms with E-state index in [2.05, 4.69) is 41.1 Å². The molecule has 0 unspecified atom stereocenters. The molecule has 0 aliphatic carbocycles. The second kappa shape index (κ2) is 15.6. The molecule has 0 radical (unpaired) electrons. The Morgan fingerprint density at radius 2 is 1.74 bits per heavy atom. The number of rotatable bonds is 8. The summed E-state index contributed by atoms with van der Waals surface area (Å²) < 4.78 is 0. The average Bonchev–Trinajstić information content (AvgIpc) is 2.34. The van der Waals surface area contributed by atoms with Crippen LogP contribution in [0.25, 0.3) is 0 Å². The number of nitrogens with two attached hydrogens (primary N) is 1. The Kier molecular flexibility index (Phi) is 19.4. The summed E-state index contributed by atoms with van der Waals surface area (Å²) in [6.07, 6.45) is 1.84. The molecule has 3 N–H and O–H groups in total. The van der Waals surface area contributed by atoms with Crippen molar-refractivity contribution >= 4 is 37.2 Å². The van der Waals surface area contributed by atoms with Crippen LogP contribution in [0.4, 0.5) is 0 Å². The van der Waals surface area contributed by atoms with Gasteiger partial charge in [-0.25, -0.2) is 0 Å². The van der Waals surface area contributed by atoms with Gasteiger partial charge in [0.2, 0.25) is 0 Å². The second-order valence-electron chi connectivity index (χ2n) is 3.67. The lowest BCUT2D eigenvalue weighted by atomic mass is 10.2. The topological polar surface area (TPSA) is 41.3 Å². The van der Waals surface area contributed by atoms with E-state index in [9.17, 15) is 0 Å². The maximum atomic E-state index is 5.49. The number of nitrogens with one attached hydrogen (secondary N) is 1. The van der Waals surface area contributed by atoms with Gasteiger partial charge < -0.3 is 16.0 Å². The van der Waals surface area contributed by atoms with Crippen LogP contribution in [0.1, 0.15) is 5.56 Å². The highest BCUT2D eigenvalue weighted by Crippen LogP contribution is 1.96. The summed E-state index contributed by atoms with van der Waals surface area (Å²) in [6.45, 7) is 8.11. The summed E-state index contributed by atoms with van der Waals surface area (Å²) in [5.74, 6) is 0. The van der Waals surface area contributed by atoms with E-state index >= 15 is 0 Å². The molecule has 0 amide bonds. The van der Waals surface area contributed by atoms with E-state index in [1.54, 1.807) is 0 Å². The van der Waals surface area contributed by atoms with Gasteiger partial charge in [0.05, 0.1) is 0 Å². The summed E-state index contributed by atoms with van der Waals surface area (Å²) in [5.41, 5.74) is 6.80. The number of benzene rings is 1. The lowest BCUT2D eigenvalue weighted by Gasteiger charge is -2.18. The van der Waals surface area contributed by atoms with Gasteiger partial charge >= 0.3 is 0 Å². The number of hydrogen-bond acceptors (Lipinski definition) is 3. The van der Waals surface area contributed by atoms with Crippen molar-refractivity contribution in [3.63, 3.8) is 0 Å². The average molecular weight is 329 g/mol. The molecule has 19 heavy (non-hydrogen) atoms. The van der Waals surface area contributed by atoms with E-state index in [1.165, 1.54) is 5.56 Å². The van der Waals surface area contributed by atoms with Gasteiger partial charge in [-0.2, -0.15) is 0 Å². The summed E-state index contributed by atoms with van der Waals surface area (Å²) in [4.78, 5) is 2.12. The summed E-state index contributed by atoms with van der Waals surface area (Å²) in [5, 5.41) is 3.39. The SMILES string of the molecule is C=CN(CCN)CCNCc1ccccc1.Cl.Cl.Cl. The molecular formula is C13H24Cl3N3. The summed E-state index contributed by atoms with van der Waals surface area (Å²) in [6, 6.07) is 10.4. The Morgan fingerprint density at radius 1 is 1.11 bits per heavy atom. The van der Waals surface area contributed by atoms with Crippen LogP contribution in [0, 0.1) is 0 Å². The number of hydrogen-bond donors (Lipinski definition) is 2. The molecule has 6 heteroatoms. The van der Waals surface area contributed by atoms with Gasteiger partial charge in [-0.3, -0.25) is 0 Å². The molecule has 0 saturated carbocycles. The molecule has 1 aromatic carbocycles. The fourth-order valence-corrected chi connectivity index (χ4v) is 1.51. The monoisotopic (exact) mass is 327 g/mol. The van der Waals surface area contributed by atoms with Crippen LogP contribution in [0.2, 0.25) is 0 Å². The first-order valence-corrected chi connectivity index (χ1v) is 5.68. The molecule has 0 spiro atoms. The van der Waals surface area contributed by atoms with E-state index in [0.29, 0.717) is 6.54 Å². The van der Waals surface area contributed by atoms with Crippen molar-refractivity contribution in [3.05, 3.63) is 48.7 Å². The van der Waals surface area contributed by atoms with Crippen molar-refractivity contribution in [2.24, 2.45) is 5.73 Å². The Balaban J connectivity index is -0.000000853. The van der Waals surface area contributed by atoms with Gasteiger partial charge in [0.15, 0.2) is 0 Å². The van der Waals surface area contributed by atoms with Gasteiger partial charge in [-0.05, 0) is 11.8 Å². The minimum Gasteiger partial charge on any atom is -0.375 e. The molecule has 3 nitrogen and oxygen atoms in total. The van der Waals surface area contributed by atoms with Crippen molar-refractivity contribution < 1.29 is 0 Å². The maximum absolute atomic E-state index is 5.49. The number of nitrogens with zero attached hydrogens (tertiary/aromatic N) is 1. The van der Waals surface area contributed by atoms with Crippen molar-refractivity contribution in [1.82, 2.24) is 10.2 Å². The fraction of sp³-hybridized carbons (Fsp3) is 0.385. The fourth-order valence-electron chi connectivity index (χ4n) is 1.51. The van der Waals surface area contributed by atoms with Gasteiger partial charge in [0, 0.05) is 32.7 Å². The first-order chi connectivity index (χ1) is 7.86. The van der Waals surface area contributed by atoms with E-state index in [1.807, 2.05) is 12.3 Å². The molecule has 1 aromatic rings. The van der Waals surface area contributed by atoms with Crippen molar-refractivity contribution in [2.45, 2.75) is 6.54 Å². The normalized spacial score (nSPS) is 8.47. The molecule has 1 rings (SSSR count). The van der Waals surface area contributed by atoms with Crippen molar-refractivity contribution in [3.8, 4) is 0 Å². The minimum absolute atomic E-state index is 0. The molecular weight excluding hydrogens is 305 g/mol. The van der Waals surface area contributed by atoms with Crippen LogP contribution >= 0.6 is 37.2 Å². The van der Waals surface area contributed by atoms with Gasteiger partial charge in [0.1, 0.15) is 0 Å². The van der Waals surface area contributed by atoms with Crippen molar-refractivity contribution in [2.75, 3.05) is 26.2 Å². The van der Waals surface area contributed by atoms with E-state index in [-0.39, 0.29) is 37.2 Å². The zero-order valence-corrected chi connectivity index (χ0v) is 13.4. The molecule has 112 valence electrons. The first-order valence-electron chi connectivity index (χ1n) is 5.68. The molecule has 0 heterocycles. The largest absolute Gasteiger partial charge is 0.375 e. The number of halogens is 3. The Labute approximate surface area is 134 Å². The molecule has 0 aliphatic heterocycles. The third kappa shape index (κ3) is 11.1. The highest BCUT2D eigenvalue weighted by Gasteiger charge is 1.96. The van der Waals surface area contributed by atoms with Crippen molar-refractivity contribution in [1.29, 1.82) is 0 Å². The van der Waals surface area contributed by atoms with E-state index < -0.39 is 0 Å². The van der Waals surface area contributed by atoms with Crippen LogP contribution < -0.4 is 11.1 Å². The second-order valence-corrected chi connectivity index (χ2v) is 3.67. The van der Waals surface area contributed by atoms with Crippen LogP contribution in [0.3, 0.4) is 0 Å². The molecule has 0 aromatic heterocycles. The Morgan fingerprint density at radius 3 is 2.26 bits per heavy atom. The Bertz CT molecular complexity index is 296. The smallest absolute Gasteiger partial charge is 0.0298 e. The van der Waals surface area contributed by atoms with Gasteiger partial charge in [-0.15, -0.1) is 37.2 Å². The molecule has 0 saturated heterocycles. The van der Waals surface area contributed by atoms with Crippen LogP contribution in [-0.2, 0) is 6.54 Å². The highest BCUT2D eigenvalue weighted by molar-refractivity contribution is 5.86. The maximum Gasteiger partial charge on any atom is 0.0298 e. The van der Waals surface area contributed by atoms with E-state index in [0.717, 1.165) is 26.2 Å². The summed E-state index contributed by atoms with van der Waals surface area (Å²) >= 11 is 0. The zero-order valence-electron chi connectivity index (χ0n) is 11.0. The minimum atomic E-state index is 0. The molecule has 0 atom stereocenters. The van der Waals surface area contributed by atoms with E-state index in [4.69, 9.17) is 5.73 Å². The highest BCUT2D eigenvalue weighted by atomic mass is 35.5. The standard InChI is InChI=1S/C13H21N3.3ClH/c1-2-16(10-8-14)11-9-15-12-13-6-4-3-5-7-13;;;/h2-7,15H,1,8-12,14H2;3*1H. The molecule has 0 aliphatic rings. The lowest BCUT2D eigenvalue weighted by molar-refractivity contribution is 0.380. The molecule has 0 fully saturated rings. The van der Waals surface area contributed by atoms with Gasteiger partial charge in [0.25, 0.3) is 0 Å². The van der Waals surface area contributed by atoms with Crippen LogP contribution in [0.15, 0.2) is 43.1 Å². The third-order valence-electron chi connectivity index (χ3n) is 2.42. The van der Waals surface area contributed by atoms with Gasteiger partial charge in [-0.1, -0.05) is 36.9 Å². The third-order valence-corrected chi connectivity index (χ3v) is 2.42. The molecule has 0 bridgehead atoms. The predicted octanol–water partition coefficient (Wildman–Crippen LogP) is 2.45. The van der Waals surface area contributed by atoms with Crippen LogP contribution in [-0.4, -0.2) is 31.1 Å². The van der Waals surface area contributed by atoms with Crippen LogP contribution in [0.5, 0.6) is 0 Å². The Hall–Kier alpha value is -0.450. The summed E-state index contributed by atoms with van der Waals surface area (Å²) in [7, 11) is 0.